The second-order valence-electron chi connectivity index (χ2n) is 4.43. The van der Waals surface area contributed by atoms with Crippen molar-refractivity contribution in [3.05, 3.63) is 26.6 Å². The molecule has 0 radical (unpaired) electrons. The molecule has 0 spiro atoms. The van der Waals surface area contributed by atoms with Gasteiger partial charge in [0.2, 0.25) is 0 Å². The summed E-state index contributed by atoms with van der Waals surface area (Å²) in [4.78, 5) is 11.6. The summed E-state index contributed by atoms with van der Waals surface area (Å²) in [6, 6.07) is 2.21. The molecule has 0 amide bonds. The molecule has 0 saturated carbocycles. The molecule has 6 heteroatoms. The molecule has 92 valence electrons. The Morgan fingerprint density at radius 2 is 2.18 bits per heavy atom. The van der Waals surface area contributed by atoms with Gasteiger partial charge < -0.3 is 0 Å². The highest BCUT2D eigenvalue weighted by Gasteiger charge is 2.16. The Kier molecular flexibility index (Phi) is 4.55. The summed E-state index contributed by atoms with van der Waals surface area (Å²) in [5, 5.41) is 12.9. The third kappa shape index (κ3) is 3.72. The van der Waals surface area contributed by atoms with Crippen LogP contribution in [-0.4, -0.2) is 9.78 Å². The molecule has 1 aromatic heterocycles. The molecular formula is C11H13Cl2N3O. The molecule has 1 aromatic rings. The lowest BCUT2D eigenvalue weighted by molar-refractivity contribution is 0.402. The van der Waals surface area contributed by atoms with Gasteiger partial charge in [0, 0.05) is 6.54 Å². The summed E-state index contributed by atoms with van der Waals surface area (Å²) < 4.78 is 1.27. The first kappa shape index (κ1) is 14.0. The van der Waals surface area contributed by atoms with Crippen LogP contribution in [0.2, 0.25) is 10.0 Å². The van der Waals surface area contributed by atoms with Crippen molar-refractivity contribution >= 4 is 23.2 Å². The first-order valence-electron chi connectivity index (χ1n) is 5.20. The van der Waals surface area contributed by atoms with Gasteiger partial charge in [0.25, 0.3) is 5.56 Å². The van der Waals surface area contributed by atoms with Gasteiger partial charge in [-0.3, -0.25) is 4.79 Å². The zero-order valence-electron chi connectivity index (χ0n) is 9.70. The van der Waals surface area contributed by atoms with E-state index < -0.39 is 5.56 Å². The monoisotopic (exact) mass is 273 g/mol. The number of aryl methyl sites for hydroxylation is 1. The second kappa shape index (κ2) is 5.52. The maximum absolute atomic E-state index is 11.6. The van der Waals surface area contributed by atoms with Crippen molar-refractivity contribution in [2.45, 2.75) is 33.2 Å². The molecule has 4 nitrogen and oxygen atoms in total. The van der Waals surface area contributed by atoms with Gasteiger partial charge in [-0.15, -0.1) is 0 Å². The van der Waals surface area contributed by atoms with Gasteiger partial charge in [-0.2, -0.15) is 10.4 Å². The Hall–Kier alpha value is -1.05. The standard InChI is InChI=1S/C11H13Cl2N3O/c1-11(2,7-14)4-3-5-16-10(17)9(13)8(12)6-15-16/h6H,3-5H2,1-2H3. The second-order valence-corrected chi connectivity index (χ2v) is 5.22. The molecule has 17 heavy (non-hydrogen) atoms. The fraction of sp³-hybridized carbons (Fsp3) is 0.545. The van der Waals surface area contributed by atoms with E-state index in [-0.39, 0.29) is 15.5 Å². The lowest BCUT2D eigenvalue weighted by atomic mass is 9.90. The number of aromatic nitrogens is 2. The van der Waals surface area contributed by atoms with E-state index in [0.717, 1.165) is 0 Å². The van der Waals surface area contributed by atoms with Crippen LogP contribution in [0.25, 0.3) is 0 Å². The van der Waals surface area contributed by atoms with Crippen molar-refractivity contribution in [1.82, 2.24) is 9.78 Å². The first-order chi connectivity index (χ1) is 7.87. The van der Waals surface area contributed by atoms with E-state index in [1.807, 2.05) is 13.8 Å². The maximum atomic E-state index is 11.6. The summed E-state index contributed by atoms with van der Waals surface area (Å²) in [6.45, 7) is 4.15. The molecule has 0 bridgehead atoms. The molecule has 0 atom stereocenters. The highest BCUT2D eigenvalue weighted by Crippen LogP contribution is 2.21. The Bertz CT molecular complexity index is 502. The Balaban J connectivity index is 2.70. The van der Waals surface area contributed by atoms with Gasteiger partial charge in [0.05, 0.1) is 22.7 Å². The van der Waals surface area contributed by atoms with Crippen molar-refractivity contribution in [2.24, 2.45) is 5.41 Å². The highest BCUT2D eigenvalue weighted by atomic mass is 35.5. The van der Waals surface area contributed by atoms with E-state index in [2.05, 4.69) is 11.2 Å². The van der Waals surface area contributed by atoms with Crippen molar-refractivity contribution in [2.75, 3.05) is 0 Å². The minimum Gasteiger partial charge on any atom is -0.266 e. The summed E-state index contributed by atoms with van der Waals surface area (Å²) in [5.74, 6) is 0. The Morgan fingerprint density at radius 1 is 1.53 bits per heavy atom. The maximum Gasteiger partial charge on any atom is 0.287 e. The van der Waals surface area contributed by atoms with Crippen LogP contribution in [0.5, 0.6) is 0 Å². The predicted octanol–water partition coefficient (Wildman–Crippen LogP) is 2.88. The number of nitriles is 1. The lowest BCUT2D eigenvalue weighted by Gasteiger charge is -2.14. The number of rotatable bonds is 4. The predicted molar refractivity (Wildman–Crippen MR) is 67.1 cm³/mol. The van der Waals surface area contributed by atoms with Crippen LogP contribution in [0.3, 0.4) is 0 Å². The van der Waals surface area contributed by atoms with E-state index >= 15 is 0 Å². The van der Waals surface area contributed by atoms with Crippen LogP contribution < -0.4 is 5.56 Å². The molecule has 0 aliphatic rings. The van der Waals surface area contributed by atoms with Crippen LogP contribution >= 0.6 is 23.2 Å². The average molecular weight is 274 g/mol. The van der Waals surface area contributed by atoms with Crippen molar-refractivity contribution in [1.29, 1.82) is 5.26 Å². The first-order valence-corrected chi connectivity index (χ1v) is 5.95. The number of hydrogen-bond acceptors (Lipinski definition) is 3. The van der Waals surface area contributed by atoms with Crippen LogP contribution in [0.15, 0.2) is 11.0 Å². The summed E-state index contributed by atoms with van der Waals surface area (Å²) in [5.41, 5.74) is -0.784. The van der Waals surface area contributed by atoms with Gasteiger partial charge >= 0.3 is 0 Å². The number of nitrogens with zero attached hydrogens (tertiary/aromatic N) is 3. The van der Waals surface area contributed by atoms with E-state index in [4.69, 9.17) is 28.5 Å². The van der Waals surface area contributed by atoms with Gasteiger partial charge in [-0.05, 0) is 26.7 Å². The number of halogens is 2. The van der Waals surface area contributed by atoms with Gasteiger partial charge in [0.15, 0.2) is 0 Å². The van der Waals surface area contributed by atoms with Crippen molar-refractivity contribution in [3.8, 4) is 6.07 Å². The van der Waals surface area contributed by atoms with Crippen molar-refractivity contribution in [3.63, 3.8) is 0 Å². The quantitative estimate of drug-likeness (QED) is 0.848. The third-order valence-corrected chi connectivity index (χ3v) is 3.17. The van der Waals surface area contributed by atoms with Gasteiger partial charge in [0.1, 0.15) is 5.02 Å². The molecule has 1 rings (SSSR count). The Morgan fingerprint density at radius 3 is 2.76 bits per heavy atom. The highest BCUT2D eigenvalue weighted by molar-refractivity contribution is 6.41. The van der Waals surface area contributed by atoms with Crippen LogP contribution in [0.4, 0.5) is 0 Å². The topological polar surface area (TPSA) is 58.7 Å². The van der Waals surface area contributed by atoms with E-state index in [1.165, 1.54) is 10.9 Å². The zero-order chi connectivity index (χ0) is 13.1. The van der Waals surface area contributed by atoms with Gasteiger partial charge in [-0.25, -0.2) is 4.68 Å². The number of hydrogen-bond donors (Lipinski definition) is 0. The fourth-order valence-electron chi connectivity index (χ4n) is 1.33. The summed E-state index contributed by atoms with van der Waals surface area (Å²) in [7, 11) is 0. The molecular weight excluding hydrogens is 261 g/mol. The zero-order valence-corrected chi connectivity index (χ0v) is 11.2. The van der Waals surface area contributed by atoms with Crippen LogP contribution in [-0.2, 0) is 6.54 Å². The lowest BCUT2D eigenvalue weighted by Crippen LogP contribution is -2.24. The van der Waals surface area contributed by atoms with Gasteiger partial charge in [-0.1, -0.05) is 23.2 Å². The molecule has 1 heterocycles. The average Bonchev–Trinajstić information content (AvgIpc) is 2.29. The smallest absolute Gasteiger partial charge is 0.266 e. The van der Waals surface area contributed by atoms with E-state index in [1.54, 1.807) is 0 Å². The minimum atomic E-state index is -0.395. The van der Waals surface area contributed by atoms with E-state index in [9.17, 15) is 4.79 Å². The van der Waals surface area contributed by atoms with Crippen LogP contribution in [0, 0.1) is 16.7 Å². The fourth-order valence-corrected chi connectivity index (χ4v) is 1.60. The molecule has 0 fully saturated rings. The van der Waals surface area contributed by atoms with Crippen molar-refractivity contribution < 1.29 is 0 Å². The molecule has 0 aromatic carbocycles. The summed E-state index contributed by atoms with van der Waals surface area (Å²) in [6.07, 6.45) is 2.73. The normalized spacial score (nSPS) is 11.2. The Labute approximate surface area is 110 Å². The molecule has 0 unspecified atom stereocenters. The van der Waals surface area contributed by atoms with E-state index in [0.29, 0.717) is 19.4 Å². The summed E-state index contributed by atoms with van der Waals surface area (Å²) >= 11 is 11.4. The SMILES string of the molecule is CC(C)(C#N)CCCn1ncc(Cl)c(Cl)c1=O. The molecule has 0 N–H and O–H groups in total. The molecule has 0 aliphatic heterocycles. The molecule has 0 aliphatic carbocycles. The third-order valence-electron chi connectivity index (χ3n) is 2.42. The minimum absolute atomic E-state index is 0.0128. The molecule has 0 saturated heterocycles. The largest absolute Gasteiger partial charge is 0.287 e. The van der Waals surface area contributed by atoms with Crippen LogP contribution in [0.1, 0.15) is 26.7 Å².